The van der Waals surface area contributed by atoms with Crippen molar-refractivity contribution in [3.63, 3.8) is 0 Å². The molecule has 0 aliphatic carbocycles. The molecule has 17 heavy (non-hydrogen) atoms. The standard InChI is InChI=1S/C12H16N2OS.ClH/c15-12(11-2-1-7-16-11)14-6-5-9-3-4-10(8-14)13-9;/h1-2,7,9-10,13H,3-6,8H2;1H. The molecule has 1 aromatic rings. The zero-order valence-corrected chi connectivity index (χ0v) is 11.2. The zero-order chi connectivity index (χ0) is 11.0. The maximum Gasteiger partial charge on any atom is 0.263 e. The molecule has 1 amide bonds. The number of carbonyl (C=O) groups is 1. The number of rotatable bonds is 1. The SMILES string of the molecule is Cl.O=C(c1cccs1)N1CCC2CCC(C1)N2. The van der Waals surface area contributed by atoms with Crippen molar-refractivity contribution >= 4 is 29.7 Å². The number of nitrogens with zero attached hydrogens (tertiary/aromatic N) is 1. The molecule has 2 aliphatic heterocycles. The Hall–Kier alpha value is -0.580. The topological polar surface area (TPSA) is 32.3 Å². The highest BCUT2D eigenvalue weighted by molar-refractivity contribution is 7.12. The summed E-state index contributed by atoms with van der Waals surface area (Å²) in [6, 6.07) is 5.03. The molecule has 3 rings (SSSR count). The minimum atomic E-state index is 0. The van der Waals surface area contributed by atoms with Gasteiger partial charge in [-0.2, -0.15) is 0 Å². The summed E-state index contributed by atoms with van der Waals surface area (Å²) in [5, 5.41) is 5.56. The van der Waals surface area contributed by atoms with Crippen LogP contribution in [-0.2, 0) is 0 Å². The van der Waals surface area contributed by atoms with Crippen molar-refractivity contribution in [2.24, 2.45) is 0 Å². The van der Waals surface area contributed by atoms with Gasteiger partial charge in [0.1, 0.15) is 0 Å². The van der Waals surface area contributed by atoms with Gasteiger partial charge in [0, 0.05) is 25.2 Å². The molecule has 0 spiro atoms. The van der Waals surface area contributed by atoms with E-state index in [4.69, 9.17) is 0 Å². The first kappa shape index (κ1) is 12.9. The van der Waals surface area contributed by atoms with Crippen LogP contribution in [0.4, 0.5) is 0 Å². The average Bonchev–Trinajstić information content (AvgIpc) is 2.87. The van der Waals surface area contributed by atoms with Crippen molar-refractivity contribution in [1.82, 2.24) is 10.2 Å². The Labute approximate surface area is 112 Å². The molecule has 2 fully saturated rings. The van der Waals surface area contributed by atoms with E-state index >= 15 is 0 Å². The molecule has 2 saturated heterocycles. The summed E-state index contributed by atoms with van der Waals surface area (Å²) in [5.41, 5.74) is 0. The van der Waals surface area contributed by atoms with Crippen molar-refractivity contribution in [3.8, 4) is 0 Å². The van der Waals surface area contributed by atoms with Gasteiger partial charge in [0.25, 0.3) is 5.91 Å². The molecule has 5 heteroatoms. The zero-order valence-electron chi connectivity index (χ0n) is 9.59. The van der Waals surface area contributed by atoms with Crippen molar-refractivity contribution in [2.45, 2.75) is 31.3 Å². The van der Waals surface area contributed by atoms with Gasteiger partial charge in [0.15, 0.2) is 0 Å². The predicted octanol–water partition coefficient (Wildman–Crippen LogP) is 2.14. The minimum Gasteiger partial charge on any atom is -0.336 e. The highest BCUT2D eigenvalue weighted by Crippen LogP contribution is 2.22. The first-order chi connectivity index (χ1) is 7.83. The summed E-state index contributed by atoms with van der Waals surface area (Å²) in [6.45, 7) is 1.79. The summed E-state index contributed by atoms with van der Waals surface area (Å²) < 4.78 is 0. The van der Waals surface area contributed by atoms with Crippen LogP contribution < -0.4 is 5.32 Å². The molecule has 2 aliphatic rings. The van der Waals surface area contributed by atoms with Crippen LogP contribution in [0.3, 0.4) is 0 Å². The molecule has 2 bridgehead atoms. The molecular formula is C12H17ClN2OS. The Morgan fingerprint density at radius 2 is 2.18 bits per heavy atom. The Bertz CT molecular complexity index is 382. The van der Waals surface area contributed by atoms with E-state index in [0.717, 1.165) is 24.4 Å². The Morgan fingerprint density at radius 3 is 2.94 bits per heavy atom. The van der Waals surface area contributed by atoms with E-state index in [2.05, 4.69) is 5.32 Å². The number of likely N-dealkylation sites (tertiary alicyclic amines) is 1. The molecule has 2 unspecified atom stereocenters. The number of amides is 1. The second-order valence-corrected chi connectivity index (χ2v) is 5.60. The Morgan fingerprint density at radius 1 is 1.35 bits per heavy atom. The van der Waals surface area contributed by atoms with Crippen LogP contribution in [0, 0.1) is 0 Å². The molecule has 0 saturated carbocycles. The van der Waals surface area contributed by atoms with Crippen LogP contribution in [0.1, 0.15) is 28.9 Å². The average molecular weight is 273 g/mol. The number of hydrogen-bond acceptors (Lipinski definition) is 3. The van der Waals surface area contributed by atoms with Gasteiger partial charge in [-0.3, -0.25) is 4.79 Å². The fourth-order valence-electron chi connectivity index (χ4n) is 2.68. The van der Waals surface area contributed by atoms with Gasteiger partial charge in [0.2, 0.25) is 0 Å². The van der Waals surface area contributed by atoms with E-state index in [9.17, 15) is 4.79 Å². The van der Waals surface area contributed by atoms with Crippen LogP contribution in [0.25, 0.3) is 0 Å². The van der Waals surface area contributed by atoms with Gasteiger partial charge in [-0.05, 0) is 30.7 Å². The van der Waals surface area contributed by atoms with Crippen LogP contribution in [0.15, 0.2) is 17.5 Å². The number of thiophene rings is 1. The van der Waals surface area contributed by atoms with E-state index in [-0.39, 0.29) is 18.3 Å². The van der Waals surface area contributed by atoms with Gasteiger partial charge in [-0.25, -0.2) is 0 Å². The smallest absolute Gasteiger partial charge is 0.263 e. The number of hydrogen-bond donors (Lipinski definition) is 1. The van der Waals surface area contributed by atoms with Crippen LogP contribution in [0.5, 0.6) is 0 Å². The second kappa shape index (κ2) is 5.38. The number of carbonyl (C=O) groups excluding carboxylic acids is 1. The van der Waals surface area contributed by atoms with E-state index in [1.54, 1.807) is 0 Å². The fourth-order valence-corrected chi connectivity index (χ4v) is 3.37. The molecule has 3 nitrogen and oxygen atoms in total. The van der Waals surface area contributed by atoms with Gasteiger partial charge < -0.3 is 10.2 Å². The lowest BCUT2D eigenvalue weighted by molar-refractivity contribution is 0.0753. The highest BCUT2D eigenvalue weighted by atomic mass is 35.5. The first-order valence-corrected chi connectivity index (χ1v) is 6.80. The molecule has 0 aromatic carbocycles. The molecule has 94 valence electrons. The van der Waals surface area contributed by atoms with Gasteiger partial charge in [0.05, 0.1) is 4.88 Å². The van der Waals surface area contributed by atoms with Crippen molar-refractivity contribution in [3.05, 3.63) is 22.4 Å². The molecule has 0 radical (unpaired) electrons. The number of halogens is 1. The largest absolute Gasteiger partial charge is 0.336 e. The molecule has 2 atom stereocenters. The molecule has 3 heterocycles. The van der Waals surface area contributed by atoms with Crippen molar-refractivity contribution < 1.29 is 4.79 Å². The summed E-state index contributed by atoms with van der Waals surface area (Å²) in [5.74, 6) is 0.212. The van der Waals surface area contributed by atoms with E-state index < -0.39 is 0 Å². The third kappa shape index (κ3) is 2.64. The Balaban J connectivity index is 0.00000108. The second-order valence-electron chi connectivity index (χ2n) is 4.66. The maximum absolute atomic E-state index is 12.2. The summed E-state index contributed by atoms with van der Waals surface area (Å²) in [4.78, 5) is 15.1. The number of fused-ring (bicyclic) bond motifs is 2. The quantitative estimate of drug-likeness (QED) is 0.850. The molecular weight excluding hydrogens is 256 g/mol. The lowest BCUT2D eigenvalue weighted by Crippen LogP contribution is -2.38. The van der Waals surface area contributed by atoms with Crippen LogP contribution >= 0.6 is 23.7 Å². The minimum absolute atomic E-state index is 0. The number of nitrogens with one attached hydrogen (secondary N) is 1. The highest BCUT2D eigenvalue weighted by Gasteiger charge is 2.31. The summed E-state index contributed by atoms with van der Waals surface area (Å²) in [6.07, 6.45) is 3.61. The maximum atomic E-state index is 12.2. The summed E-state index contributed by atoms with van der Waals surface area (Å²) in [7, 11) is 0. The van der Waals surface area contributed by atoms with Gasteiger partial charge in [-0.15, -0.1) is 23.7 Å². The lowest BCUT2D eigenvalue weighted by Gasteiger charge is -2.23. The van der Waals surface area contributed by atoms with Crippen LogP contribution in [0.2, 0.25) is 0 Å². The monoisotopic (exact) mass is 272 g/mol. The van der Waals surface area contributed by atoms with E-state index in [1.807, 2.05) is 22.4 Å². The summed E-state index contributed by atoms with van der Waals surface area (Å²) >= 11 is 1.54. The predicted molar refractivity (Wildman–Crippen MR) is 72.0 cm³/mol. The lowest BCUT2D eigenvalue weighted by atomic mass is 10.1. The van der Waals surface area contributed by atoms with Gasteiger partial charge in [-0.1, -0.05) is 6.07 Å². The van der Waals surface area contributed by atoms with E-state index in [0.29, 0.717) is 12.1 Å². The van der Waals surface area contributed by atoms with E-state index in [1.165, 1.54) is 24.2 Å². The third-order valence-electron chi connectivity index (χ3n) is 3.54. The van der Waals surface area contributed by atoms with Gasteiger partial charge >= 0.3 is 0 Å². The van der Waals surface area contributed by atoms with Crippen molar-refractivity contribution in [2.75, 3.05) is 13.1 Å². The normalized spacial score (nSPS) is 27.4. The molecule has 1 N–H and O–H groups in total. The first-order valence-electron chi connectivity index (χ1n) is 5.92. The Kier molecular flexibility index (Phi) is 4.07. The van der Waals surface area contributed by atoms with Crippen LogP contribution in [-0.4, -0.2) is 36.0 Å². The molecule has 1 aromatic heterocycles. The third-order valence-corrected chi connectivity index (χ3v) is 4.40. The van der Waals surface area contributed by atoms with Crippen molar-refractivity contribution in [1.29, 1.82) is 0 Å². The fraction of sp³-hybridized carbons (Fsp3) is 0.583.